The first-order chi connectivity index (χ1) is 8.50. The van der Waals surface area contributed by atoms with E-state index in [0.29, 0.717) is 12.1 Å². The number of rotatable bonds is 2. The van der Waals surface area contributed by atoms with Crippen molar-refractivity contribution in [3.8, 4) is 0 Å². The third-order valence-corrected chi connectivity index (χ3v) is 2.49. The number of hydrogen-bond acceptors (Lipinski definition) is 2. The van der Waals surface area contributed by atoms with Crippen LogP contribution >= 0.6 is 0 Å². The fraction of sp³-hybridized carbons (Fsp3) is 0.0833. The monoisotopic (exact) mass is 256 g/mol. The molecule has 0 spiro atoms. The Morgan fingerprint density at radius 1 is 1.00 bits per heavy atom. The van der Waals surface area contributed by atoms with Gasteiger partial charge in [-0.05, 0) is 6.07 Å². The van der Waals surface area contributed by atoms with Crippen molar-refractivity contribution < 1.29 is 17.6 Å². The van der Waals surface area contributed by atoms with Gasteiger partial charge < -0.3 is 5.73 Å². The molecule has 6 heteroatoms. The van der Waals surface area contributed by atoms with Gasteiger partial charge in [0.25, 0.3) is 0 Å². The summed E-state index contributed by atoms with van der Waals surface area (Å²) in [5.41, 5.74) is 4.90. The SMILES string of the molecule is NC(c1ccncc1F)c1c(F)cc(F)cc1F. The average molecular weight is 256 g/mol. The molecular weight excluding hydrogens is 248 g/mol. The number of halogens is 4. The Kier molecular flexibility index (Phi) is 3.29. The van der Waals surface area contributed by atoms with Crippen LogP contribution in [0.1, 0.15) is 17.2 Å². The molecule has 1 aromatic carbocycles. The zero-order valence-corrected chi connectivity index (χ0v) is 9.00. The normalized spacial score (nSPS) is 12.5. The molecule has 0 aliphatic heterocycles. The summed E-state index contributed by atoms with van der Waals surface area (Å²) < 4.78 is 53.1. The number of pyridine rings is 1. The van der Waals surface area contributed by atoms with Crippen molar-refractivity contribution in [1.82, 2.24) is 4.98 Å². The van der Waals surface area contributed by atoms with Crippen molar-refractivity contribution >= 4 is 0 Å². The van der Waals surface area contributed by atoms with Crippen LogP contribution in [0.15, 0.2) is 30.6 Å². The minimum absolute atomic E-state index is 0.116. The Hall–Kier alpha value is -1.95. The molecule has 2 rings (SSSR count). The fourth-order valence-electron chi connectivity index (χ4n) is 1.64. The third kappa shape index (κ3) is 2.19. The van der Waals surface area contributed by atoms with Crippen LogP contribution in [0.5, 0.6) is 0 Å². The molecule has 2 N–H and O–H groups in total. The van der Waals surface area contributed by atoms with E-state index in [1.54, 1.807) is 0 Å². The Labute approximate surface area is 100 Å². The fourth-order valence-corrected chi connectivity index (χ4v) is 1.64. The lowest BCUT2D eigenvalue weighted by Gasteiger charge is -2.14. The summed E-state index contributed by atoms with van der Waals surface area (Å²) in [5.74, 6) is -4.16. The molecule has 1 heterocycles. The molecule has 2 nitrogen and oxygen atoms in total. The van der Waals surface area contributed by atoms with Crippen molar-refractivity contribution in [2.75, 3.05) is 0 Å². The van der Waals surface area contributed by atoms with Crippen LogP contribution in [-0.4, -0.2) is 4.98 Å². The smallest absolute Gasteiger partial charge is 0.146 e. The van der Waals surface area contributed by atoms with Crippen LogP contribution in [0.2, 0.25) is 0 Å². The Bertz CT molecular complexity index is 563. The quantitative estimate of drug-likeness (QED) is 0.839. The molecule has 18 heavy (non-hydrogen) atoms. The number of nitrogens with two attached hydrogens (primary N) is 1. The van der Waals surface area contributed by atoms with Gasteiger partial charge >= 0.3 is 0 Å². The lowest BCUT2D eigenvalue weighted by atomic mass is 9.99. The molecule has 1 aromatic heterocycles. The molecule has 0 saturated carbocycles. The summed E-state index contributed by atoms with van der Waals surface area (Å²) in [6, 6.07) is 0.838. The van der Waals surface area contributed by atoms with E-state index in [2.05, 4.69) is 4.98 Å². The second-order valence-corrected chi connectivity index (χ2v) is 3.66. The molecule has 0 aliphatic rings. The zero-order valence-electron chi connectivity index (χ0n) is 9.00. The van der Waals surface area contributed by atoms with Gasteiger partial charge in [0.1, 0.15) is 23.3 Å². The van der Waals surface area contributed by atoms with Crippen molar-refractivity contribution in [3.05, 3.63) is 65.0 Å². The van der Waals surface area contributed by atoms with E-state index >= 15 is 0 Å². The van der Waals surface area contributed by atoms with Gasteiger partial charge in [0, 0.05) is 29.5 Å². The van der Waals surface area contributed by atoms with Gasteiger partial charge in [-0.3, -0.25) is 4.98 Å². The van der Waals surface area contributed by atoms with E-state index in [1.165, 1.54) is 12.3 Å². The molecule has 94 valence electrons. The van der Waals surface area contributed by atoms with Crippen molar-refractivity contribution in [2.45, 2.75) is 6.04 Å². The molecule has 1 atom stereocenters. The minimum atomic E-state index is -1.37. The number of aromatic nitrogens is 1. The first-order valence-electron chi connectivity index (χ1n) is 5.00. The van der Waals surface area contributed by atoms with Crippen LogP contribution < -0.4 is 5.73 Å². The molecule has 2 aromatic rings. The summed E-state index contributed by atoms with van der Waals surface area (Å²) in [4.78, 5) is 3.50. The highest BCUT2D eigenvalue weighted by atomic mass is 19.1. The van der Waals surface area contributed by atoms with Crippen molar-refractivity contribution in [1.29, 1.82) is 0 Å². The Balaban J connectivity index is 2.53. The van der Waals surface area contributed by atoms with E-state index in [9.17, 15) is 17.6 Å². The second kappa shape index (κ2) is 4.73. The van der Waals surface area contributed by atoms with Crippen LogP contribution in [0.3, 0.4) is 0 Å². The van der Waals surface area contributed by atoms with Gasteiger partial charge in [-0.25, -0.2) is 17.6 Å². The lowest BCUT2D eigenvalue weighted by molar-refractivity contribution is 0.509. The summed E-state index contributed by atoms with van der Waals surface area (Å²) >= 11 is 0. The third-order valence-electron chi connectivity index (χ3n) is 2.49. The Morgan fingerprint density at radius 2 is 1.61 bits per heavy atom. The van der Waals surface area contributed by atoms with Gasteiger partial charge in [0.2, 0.25) is 0 Å². The maximum atomic E-state index is 13.5. The average Bonchev–Trinajstić information content (AvgIpc) is 2.27. The van der Waals surface area contributed by atoms with Crippen molar-refractivity contribution in [2.24, 2.45) is 5.73 Å². The van der Waals surface area contributed by atoms with Crippen LogP contribution in [0.25, 0.3) is 0 Å². The van der Waals surface area contributed by atoms with E-state index in [-0.39, 0.29) is 5.56 Å². The summed E-state index contributed by atoms with van der Waals surface area (Å²) in [7, 11) is 0. The Morgan fingerprint density at radius 3 is 2.17 bits per heavy atom. The molecule has 0 aliphatic carbocycles. The largest absolute Gasteiger partial charge is 0.320 e. The van der Waals surface area contributed by atoms with E-state index < -0.39 is 34.9 Å². The molecule has 0 radical (unpaired) electrons. The summed E-state index contributed by atoms with van der Waals surface area (Å²) in [5, 5.41) is 0. The topological polar surface area (TPSA) is 38.9 Å². The van der Waals surface area contributed by atoms with Crippen LogP contribution in [0, 0.1) is 23.3 Å². The van der Waals surface area contributed by atoms with Crippen LogP contribution in [0.4, 0.5) is 17.6 Å². The molecule has 0 amide bonds. The zero-order chi connectivity index (χ0) is 13.3. The van der Waals surface area contributed by atoms with Gasteiger partial charge in [-0.1, -0.05) is 0 Å². The van der Waals surface area contributed by atoms with Gasteiger partial charge in [0.15, 0.2) is 0 Å². The van der Waals surface area contributed by atoms with Crippen molar-refractivity contribution in [3.63, 3.8) is 0 Å². The molecule has 0 saturated heterocycles. The van der Waals surface area contributed by atoms with Gasteiger partial charge in [-0.15, -0.1) is 0 Å². The first kappa shape index (κ1) is 12.5. The minimum Gasteiger partial charge on any atom is -0.320 e. The van der Waals surface area contributed by atoms with E-state index in [4.69, 9.17) is 5.73 Å². The summed E-state index contributed by atoms with van der Waals surface area (Å²) in [6.07, 6.45) is 2.13. The molecule has 0 fully saturated rings. The molecular formula is C12H8F4N2. The number of hydrogen-bond donors (Lipinski definition) is 1. The first-order valence-corrected chi connectivity index (χ1v) is 5.00. The predicted octanol–water partition coefficient (Wildman–Crippen LogP) is 2.69. The maximum absolute atomic E-state index is 13.5. The maximum Gasteiger partial charge on any atom is 0.146 e. The highest BCUT2D eigenvalue weighted by Crippen LogP contribution is 2.26. The van der Waals surface area contributed by atoms with E-state index in [1.807, 2.05) is 0 Å². The second-order valence-electron chi connectivity index (χ2n) is 3.66. The van der Waals surface area contributed by atoms with E-state index in [0.717, 1.165) is 6.20 Å². The van der Waals surface area contributed by atoms with Crippen LogP contribution in [-0.2, 0) is 0 Å². The molecule has 1 unspecified atom stereocenters. The predicted molar refractivity (Wildman–Crippen MR) is 56.5 cm³/mol. The molecule has 0 bridgehead atoms. The summed E-state index contributed by atoms with van der Waals surface area (Å²) in [6.45, 7) is 0. The highest BCUT2D eigenvalue weighted by Gasteiger charge is 2.22. The lowest BCUT2D eigenvalue weighted by Crippen LogP contribution is -2.17. The van der Waals surface area contributed by atoms with Gasteiger partial charge in [0.05, 0.1) is 12.2 Å². The highest BCUT2D eigenvalue weighted by molar-refractivity contribution is 5.33. The standard InChI is InChI=1S/C12H8F4N2/c13-6-3-8(14)11(9(15)4-6)12(17)7-1-2-18-5-10(7)16/h1-5,12H,17H2. The number of benzene rings is 1. The number of nitrogens with zero attached hydrogens (tertiary/aromatic N) is 1. The van der Waals surface area contributed by atoms with Gasteiger partial charge in [-0.2, -0.15) is 0 Å².